The highest BCUT2D eigenvalue weighted by Gasteiger charge is 2.46. The van der Waals surface area contributed by atoms with Gasteiger partial charge in [0.1, 0.15) is 11.4 Å². The molecule has 5 heteroatoms. The maximum atomic E-state index is 12.6. The number of aliphatic imine (C=N–C) groups is 1. The summed E-state index contributed by atoms with van der Waals surface area (Å²) in [6.45, 7) is 7.67. The van der Waals surface area contributed by atoms with E-state index in [4.69, 9.17) is 4.74 Å². The molecule has 0 fully saturated rings. The van der Waals surface area contributed by atoms with Gasteiger partial charge in [-0.1, -0.05) is 31.5 Å². The van der Waals surface area contributed by atoms with E-state index in [1.54, 1.807) is 13.1 Å². The Bertz CT molecular complexity index is 664. The Morgan fingerprint density at radius 1 is 1.36 bits per heavy atom. The van der Waals surface area contributed by atoms with E-state index in [1.165, 1.54) is 12.0 Å². The van der Waals surface area contributed by atoms with Crippen molar-refractivity contribution < 1.29 is 14.3 Å². The normalized spacial score (nSPS) is 21.3. The zero-order valence-electron chi connectivity index (χ0n) is 13.9. The van der Waals surface area contributed by atoms with Crippen molar-refractivity contribution in [2.75, 3.05) is 14.2 Å². The van der Waals surface area contributed by atoms with Gasteiger partial charge >= 0.3 is 5.97 Å². The number of rotatable bonds is 3. The lowest BCUT2D eigenvalue weighted by Crippen LogP contribution is -2.42. The molecule has 1 amide bonds. The molecule has 118 valence electrons. The lowest BCUT2D eigenvalue weighted by molar-refractivity contribution is -0.131. The maximum Gasteiger partial charge on any atom is 0.338 e. The number of hydrogen-bond acceptors (Lipinski definition) is 4. The minimum atomic E-state index is -0.803. The summed E-state index contributed by atoms with van der Waals surface area (Å²) < 4.78 is 4.86. The monoisotopic (exact) mass is 302 g/mol. The van der Waals surface area contributed by atoms with Crippen LogP contribution in [0.4, 0.5) is 0 Å². The van der Waals surface area contributed by atoms with Crippen molar-refractivity contribution in [3.8, 4) is 0 Å². The fraction of sp³-hybridized carbons (Fsp3) is 0.471. The van der Waals surface area contributed by atoms with Crippen LogP contribution in [0.15, 0.2) is 23.2 Å². The molecule has 0 spiro atoms. The van der Waals surface area contributed by atoms with E-state index in [1.807, 2.05) is 39.8 Å². The van der Waals surface area contributed by atoms with Crippen molar-refractivity contribution in [3.05, 3.63) is 34.9 Å². The summed E-state index contributed by atoms with van der Waals surface area (Å²) in [5, 5.41) is 0. The van der Waals surface area contributed by atoms with Gasteiger partial charge < -0.3 is 4.74 Å². The molecule has 0 saturated heterocycles. The fourth-order valence-corrected chi connectivity index (χ4v) is 2.53. The highest BCUT2D eigenvalue weighted by atomic mass is 16.5. The first-order valence-corrected chi connectivity index (χ1v) is 7.29. The molecular formula is C17H22N2O3. The van der Waals surface area contributed by atoms with Crippen LogP contribution in [-0.2, 0) is 9.53 Å². The minimum absolute atomic E-state index is 0.0612. The Morgan fingerprint density at radius 2 is 2.00 bits per heavy atom. The van der Waals surface area contributed by atoms with E-state index in [0.29, 0.717) is 17.0 Å². The van der Waals surface area contributed by atoms with Crippen LogP contribution < -0.4 is 0 Å². The number of esters is 1. The lowest BCUT2D eigenvalue weighted by atomic mass is 9.89. The van der Waals surface area contributed by atoms with Crippen LogP contribution in [0, 0.1) is 12.8 Å². The first-order valence-electron chi connectivity index (χ1n) is 7.29. The number of methoxy groups -OCH3 is 1. The van der Waals surface area contributed by atoms with Crippen LogP contribution in [0.1, 0.15) is 42.3 Å². The van der Waals surface area contributed by atoms with E-state index in [-0.39, 0.29) is 11.8 Å². The molecule has 1 aliphatic heterocycles. The molecule has 0 N–H and O–H groups in total. The average molecular weight is 302 g/mol. The molecule has 0 saturated carbocycles. The lowest BCUT2D eigenvalue weighted by Gasteiger charge is -2.23. The summed E-state index contributed by atoms with van der Waals surface area (Å²) >= 11 is 0. The summed E-state index contributed by atoms with van der Waals surface area (Å²) in [6, 6.07) is 5.47. The fourth-order valence-electron chi connectivity index (χ4n) is 2.53. The number of nitrogens with zero attached hydrogens (tertiary/aromatic N) is 2. The van der Waals surface area contributed by atoms with E-state index in [9.17, 15) is 9.59 Å². The standard InChI is InChI=1S/C17H22N2O3/c1-10(2)17(4)16(21)19(5)14(18-17)12-8-7-11(3)9-13(12)15(20)22-6/h7-10H,1-6H3. The molecule has 1 aromatic rings. The molecule has 0 aliphatic carbocycles. The molecule has 1 unspecified atom stereocenters. The molecule has 22 heavy (non-hydrogen) atoms. The first kappa shape index (κ1) is 16.2. The number of amidine groups is 1. The summed E-state index contributed by atoms with van der Waals surface area (Å²) in [7, 11) is 3.04. The molecule has 0 radical (unpaired) electrons. The Balaban J connectivity index is 2.62. The van der Waals surface area contributed by atoms with Gasteiger partial charge in [0.2, 0.25) is 0 Å². The molecule has 5 nitrogen and oxygen atoms in total. The van der Waals surface area contributed by atoms with Crippen molar-refractivity contribution in [3.63, 3.8) is 0 Å². The second kappa shape index (κ2) is 5.55. The Hall–Kier alpha value is -2.17. The molecule has 0 bridgehead atoms. The number of aryl methyl sites for hydroxylation is 1. The van der Waals surface area contributed by atoms with Crippen LogP contribution in [0.5, 0.6) is 0 Å². The third kappa shape index (κ3) is 2.40. The second-order valence-electron chi connectivity index (χ2n) is 6.14. The van der Waals surface area contributed by atoms with Crippen molar-refractivity contribution in [1.82, 2.24) is 4.90 Å². The van der Waals surface area contributed by atoms with E-state index in [2.05, 4.69) is 4.99 Å². The largest absolute Gasteiger partial charge is 0.465 e. The molecule has 1 heterocycles. The smallest absolute Gasteiger partial charge is 0.338 e. The predicted molar refractivity (Wildman–Crippen MR) is 85.1 cm³/mol. The first-order chi connectivity index (χ1) is 10.2. The van der Waals surface area contributed by atoms with Crippen molar-refractivity contribution in [1.29, 1.82) is 0 Å². The Labute approximate surface area is 131 Å². The number of hydrogen-bond donors (Lipinski definition) is 0. The van der Waals surface area contributed by atoms with Gasteiger partial charge in [0.25, 0.3) is 5.91 Å². The van der Waals surface area contributed by atoms with E-state index < -0.39 is 11.5 Å². The number of likely N-dealkylation sites (N-methyl/N-ethyl adjacent to an activating group) is 1. The van der Waals surface area contributed by atoms with Gasteiger partial charge in [-0.05, 0) is 25.8 Å². The SMILES string of the molecule is COC(=O)c1cc(C)ccc1C1=NC(C)(C(C)C)C(=O)N1C. The van der Waals surface area contributed by atoms with Crippen LogP contribution in [-0.4, -0.2) is 42.3 Å². The highest BCUT2D eigenvalue weighted by molar-refractivity contribution is 6.18. The summed E-state index contributed by atoms with van der Waals surface area (Å²) in [5.74, 6) is 0.0860. The quantitative estimate of drug-likeness (QED) is 0.806. The number of benzene rings is 1. The van der Waals surface area contributed by atoms with Gasteiger partial charge in [0, 0.05) is 12.6 Å². The number of carbonyl (C=O) groups is 2. The topological polar surface area (TPSA) is 59.0 Å². The molecule has 1 aliphatic rings. The predicted octanol–water partition coefficient (Wildman–Crippen LogP) is 2.41. The molecule has 0 aromatic heterocycles. The van der Waals surface area contributed by atoms with Crippen LogP contribution in [0.3, 0.4) is 0 Å². The van der Waals surface area contributed by atoms with Crippen molar-refractivity contribution in [2.45, 2.75) is 33.2 Å². The maximum absolute atomic E-state index is 12.6. The zero-order valence-corrected chi connectivity index (χ0v) is 13.9. The van der Waals surface area contributed by atoms with Crippen molar-refractivity contribution in [2.24, 2.45) is 10.9 Å². The number of carbonyl (C=O) groups excluding carboxylic acids is 2. The number of ether oxygens (including phenoxy) is 1. The Kier molecular flexibility index (Phi) is 4.09. The second-order valence-corrected chi connectivity index (χ2v) is 6.14. The minimum Gasteiger partial charge on any atom is -0.465 e. The van der Waals surface area contributed by atoms with Gasteiger partial charge in [0.05, 0.1) is 12.7 Å². The van der Waals surface area contributed by atoms with Crippen LogP contribution >= 0.6 is 0 Å². The van der Waals surface area contributed by atoms with Gasteiger partial charge in [-0.2, -0.15) is 0 Å². The van der Waals surface area contributed by atoms with Gasteiger partial charge in [-0.15, -0.1) is 0 Å². The van der Waals surface area contributed by atoms with Crippen LogP contribution in [0.2, 0.25) is 0 Å². The zero-order chi connectivity index (χ0) is 16.7. The molecule has 2 rings (SSSR count). The highest BCUT2D eigenvalue weighted by Crippen LogP contribution is 2.32. The van der Waals surface area contributed by atoms with Gasteiger partial charge in [-0.3, -0.25) is 14.7 Å². The van der Waals surface area contributed by atoms with Gasteiger partial charge in [-0.25, -0.2) is 4.79 Å². The number of amides is 1. The van der Waals surface area contributed by atoms with Crippen LogP contribution in [0.25, 0.3) is 0 Å². The van der Waals surface area contributed by atoms with Crippen molar-refractivity contribution >= 4 is 17.7 Å². The summed E-state index contributed by atoms with van der Waals surface area (Å²) in [5.41, 5.74) is 1.19. The third-order valence-electron chi connectivity index (χ3n) is 4.34. The van der Waals surface area contributed by atoms with Gasteiger partial charge in [0.15, 0.2) is 0 Å². The van der Waals surface area contributed by atoms with E-state index >= 15 is 0 Å². The molecular weight excluding hydrogens is 280 g/mol. The Morgan fingerprint density at radius 3 is 2.50 bits per heavy atom. The third-order valence-corrected chi connectivity index (χ3v) is 4.34. The molecule has 1 atom stereocenters. The van der Waals surface area contributed by atoms with E-state index in [0.717, 1.165) is 5.56 Å². The summed E-state index contributed by atoms with van der Waals surface area (Å²) in [6.07, 6.45) is 0. The average Bonchev–Trinajstić information content (AvgIpc) is 2.72. The molecule has 1 aromatic carbocycles. The summed E-state index contributed by atoms with van der Waals surface area (Å²) in [4.78, 5) is 30.8.